The smallest absolute Gasteiger partial charge is 0.235 e. The van der Waals surface area contributed by atoms with Gasteiger partial charge in [0.2, 0.25) is 5.91 Å². The topological polar surface area (TPSA) is 92.8 Å². The number of hydrogen-bond donors (Lipinski definition) is 1. The van der Waals surface area contributed by atoms with E-state index >= 15 is 0 Å². The number of rotatable bonds is 7. The number of thiophene rings is 2. The van der Waals surface area contributed by atoms with Gasteiger partial charge in [-0.3, -0.25) is 9.36 Å². The zero-order valence-corrected chi connectivity index (χ0v) is 20.8. The van der Waals surface area contributed by atoms with Crippen molar-refractivity contribution in [2.24, 2.45) is 5.92 Å². The van der Waals surface area contributed by atoms with Crippen LogP contribution in [0.1, 0.15) is 42.2 Å². The zero-order chi connectivity index (χ0) is 22.8. The predicted octanol–water partition coefficient (Wildman–Crippen LogP) is 4.97. The molecule has 1 aliphatic heterocycles. The van der Waals surface area contributed by atoms with E-state index in [2.05, 4.69) is 33.1 Å². The maximum absolute atomic E-state index is 12.8. The summed E-state index contributed by atoms with van der Waals surface area (Å²) in [4.78, 5) is 15.1. The molecule has 1 fully saturated rings. The molecule has 4 heterocycles. The largest absolute Gasteiger partial charge is 0.376 e. The first-order chi connectivity index (χ1) is 16.1. The molecule has 3 aromatic heterocycles. The number of carbonyl (C=O) groups is 1. The molecule has 0 unspecified atom stereocenters. The number of thioether (sulfide) groups is 1. The maximum atomic E-state index is 12.8. The fraction of sp³-hybridized carbons (Fsp3) is 0.478. The number of nitriles is 1. The highest BCUT2D eigenvalue weighted by atomic mass is 32.2. The first kappa shape index (κ1) is 22.6. The van der Waals surface area contributed by atoms with E-state index in [1.165, 1.54) is 16.6 Å². The third-order valence-corrected chi connectivity index (χ3v) is 9.08. The van der Waals surface area contributed by atoms with E-state index in [-0.39, 0.29) is 17.8 Å². The summed E-state index contributed by atoms with van der Waals surface area (Å²) in [5.74, 6) is 1.51. The van der Waals surface area contributed by atoms with Crippen molar-refractivity contribution in [1.29, 1.82) is 5.26 Å². The maximum Gasteiger partial charge on any atom is 0.235 e. The van der Waals surface area contributed by atoms with Crippen LogP contribution in [-0.2, 0) is 28.9 Å². The number of fused-ring (bicyclic) bond motifs is 1. The Morgan fingerprint density at radius 2 is 2.33 bits per heavy atom. The van der Waals surface area contributed by atoms with Crippen LogP contribution in [0.15, 0.2) is 22.7 Å². The van der Waals surface area contributed by atoms with Crippen molar-refractivity contribution in [2.45, 2.75) is 56.8 Å². The van der Waals surface area contributed by atoms with Crippen LogP contribution in [0.25, 0.3) is 10.7 Å². The molecule has 0 saturated carbocycles. The van der Waals surface area contributed by atoms with Crippen LogP contribution in [0.2, 0.25) is 0 Å². The molecular formula is C23H25N5O2S3. The molecule has 5 rings (SSSR count). The highest BCUT2D eigenvalue weighted by Gasteiger charge is 2.26. The molecule has 1 saturated heterocycles. The minimum Gasteiger partial charge on any atom is -0.376 e. The molecule has 3 aromatic rings. The number of hydrogen-bond acceptors (Lipinski definition) is 8. The van der Waals surface area contributed by atoms with Crippen molar-refractivity contribution in [3.63, 3.8) is 0 Å². The van der Waals surface area contributed by atoms with E-state index < -0.39 is 0 Å². The molecule has 172 valence electrons. The molecule has 2 aliphatic rings. The minimum atomic E-state index is -0.132. The Labute approximate surface area is 205 Å². The Hall–Kier alpha value is -2.19. The highest BCUT2D eigenvalue weighted by molar-refractivity contribution is 7.99. The van der Waals surface area contributed by atoms with Crippen LogP contribution < -0.4 is 5.32 Å². The molecule has 0 spiro atoms. The molecule has 1 amide bonds. The average Bonchev–Trinajstić information content (AvgIpc) is 3.59. The molecule has 7 nitrogen and oxygen atoms in total. The second-order valence-electron chi connectivity index (χ2n) is 8.53. The van der Waals surface area contributed by atoms with Crippen LogP contribution in [0.3, 0.4) is 0 Å². The lowest BCUT2D eigenvalue weighted by atomic mass is 9.89. The number of anilines is 1. The first-order valence-corrected chi connectivity index (χ1v) is 13.9. The van der Waals surface area contributed by atoms with Gasteiger partial charge in [-0.15, -0.1) is 32.9 Å². The van der Waals surface area contributed by atoms with Gasteiger partial charge in [0.05, 0.1) is 28.8 Å². The molecule has 1 N–H and O–H groups in total. The van der Waals surface area contributed by atoms with Crippen molar-refractivity contribution in [2.75, 3.05) is 17.7 Å². The molecular weight excluding hydrogens is 474 g/mol. The number of nitrogens with one attached hydrogen (secondary N) is 1. The molecule has 0 radical (unpaired) electrons. The Balaban J connectivity index is 1.30. The summed E-state index contributed by atoms with van der Waals surface area (Å²) in [6, 6.07) is 6.35. The normalized spacial score (nSPS) is 19.9. The van der Waals surface area contributed by atoms with Gasteiger partial charge in [-0.05, 0) is 55.0 Å². The van der Waals surface area contributed by atoms with Crippen LogP contribution in [0.5, 0.6) is 0 Å². The zero-order valence-electron chi connectivity index (χ0n) is 18.4. The molecule has 1 aliphatic carbocycles. The summed E-state index contributed by atoms with van der Waals surface area (Å²) in [6.07, 6.45) is 5.22. The van der Waals surface area contributed by atoms with Crippen LogP contribution in [0.4, 0.5) is 5.00 Å². The van der Waals surface area contributed by atoms with Gasteiger partial charge < -0.3 is 10.1 Å². The van der Waals surface area contributed by atoms with Gasteiger partial charge in [-0.1, -0.05) is 24.8 Å². The van der Waals surface area contributed by atoms with E-state index in [1.54, 1.807) is 22.7 Å². The average molecular weight is 500 g/mol. The van der Waals surface area contributed by atoms with Crippen molar-refractivity contribution in [3.8, 4) is 16.8 Å². The number of ether oxygens (including phenoxy) is 1. The van der Waals surface area contributed by atoms with Crippen molar-refractivity contribution in [3.05, 3.63) is 33.5 Å². The summed E-state index contributed by atoms with van der Waals surface area (Å²) >= 11 is 4.55. The van der Waals surface area contributed by atoms with Gasteiger partial charge in [-0.25, -0.2) is 0 Å². The van der Waals surface area contributed by atoms with Gasteiger partial charge in [0.1, 0.15) is 11.1 Å². The number of nitrogens with zero attached hydrogens (tertiary/aromatic N) is 4. The van der Waals surface area contributed by atoms with Gasteiger partial charge in [-0.2, -0.15) is 5.26 Å². The van der Waals surface area contributed by atoms with Gasteiger partial charge in [0, 0.05) is 11.5 Å². The third kappa shape index (κ3) is 4.87. The van der Waals surface area contributed by atoms with Crippen molar-refractivity contribution >= 4 is 45.3 Å². The molecule has 10 heteroatoms. The second kappa shape index (κ2) is 9.97. The molecule has 0 aromatic carbocycles. The van der Waals surface area contributed by atoms with Crippen LogP contribution >= 0.6 is 34.4 Å². The fourth-order valence-corrected chi connectivity index (χ4v) is 7.23. The second-order valence-corrected chi connectivity index (χ2v) is 11.5. The van der Waals surface area contributed by atoms with Gasteiger partial charge in [0.15, 0.2) is 11.0 Å². The quantitative estimate of drug-likeness (QED) is 0.461. The summed E-state index contributed by atoms with van der Waals surface area (Å²) < 4.78 is 7.92. The Bertz CT molecular complexity index is 1170. The van der Waals surface area contributed by atoms with Gasteiger partial charge >= 0.3 is 0 Å². The minimum absolute atomic E-state index is 0.132. The highest BCUT2D eigenvalue weighted by Crippen LogP contribution is 2.39. The van der Waals surface area contributed by atoms with E-state index in [0.29, 0.717) is 28.2 Å². The standard InChI is InChI=1S/C23H25N5O2S3/c1-14-6-7-16-17(11-24)22(33-19(16)10-14)25-20(29)13-32-23-27-26-21(18-5-3-9-31-18)28(23)12-15-4-2-8-30-15/h3,5,9,14-15H,2,4,6-8,10,12-13H2,1H3,(H,25,29)/t14-,15+/m1/s1. The van der Waals surface area contributed by atoms with E-state index in [0.717, 1.165) is 55.0 Å². The predicted molar refractivity (Wildman–Crippen MR) is 132 cm³/mol. The molecule has 0 bridgehead atoms. The SMILES string of the molecule is C[C@@H]1CCc2c(sc(NC(=O)CSc3nnc(-c4cccs4)n3C[C@@H]3CCCO3)c2C#N)C1. The lowest BCUT2D eigenvalue weighted by Crippen LogP contribution is -2.18. The number of amides is 1. The van der Waals surface area contributed by atoms with E-state index in [9.17, 15) is 10.1 Å². The number of carbonyl (C=O) groups excluding carboxylic acids is 1. The van der Waals surface area contributed by atoms with Gasteiger partial charge in [0.25, 0.3) is 0 Å². The summed E-state index contributed by atoms with van der Waals surface area (Å²) in [5, 5.41) is 24.9. The molecule has 2 atom stereocenters. The van der Waals surface area contributed by atoms with Crippen molar-refractivity contribution in [1.82, 2.24) is 14.8 Å². The monoisotopic (exact) mass is 499 g/mol. The number of aromatic nitrogens is 3. The molecule has 33 heavy (non-hydrogen) atoms. The Morgan fingerprint density at radius 1 is 1.42 bits per heavy atom. The summed E-state index contributed by atoms with van der Waals surface area (Å²) in [7, 11) is 0. The van der Waals surface area contributed by atoms with Crippen LogP contribution in [-0.4, -0.2) is 39.1 Å². The first-order valence-electron chi connectivity index (χ1n) is 11.2. The summed E-state index contributed by atoms with van der Waals surface area (Å²) in [6.45, 7) is 3.70. The van der Waals surface area contributed by atoms with E-state index in [4.69, 9.17) is 4.74 Å². The fourth-order valence-electron chi connectivity index (χ4n) is 4.39. The lowest BCUT2D eigenvalue weighted by Gasteiger charge is -2.17. The Morgan fingerprint density at radius 3 is 3.09 bits per heavy atom. The van der Waals surface area contributed by atoms with Crippen LogP contribution in [0, 0.1) is 17.2 Å². The van der Waals surface area contributed by atoms with Crippen molar-refractivity contribution < 1.29 is 9.53 Å². The Kier molecular flexibility index (Phi) is 6.83. The van der Waals surface area contributed by atoms with E-state index in [1.807, 2.05) is 17.5 Å². The summed E-state index contributed by atoms with van der Waals surface area (Å²) in [5.41, 5.74) is 1.77. The lowest BCUT2D eigenvalue weighted by molar-refractivity contribution is -0.113. The third-order valence-electron chi connectivity index (χ3n) is 6.08.